The highest BCUT2D eigenvalue weighted by Gasteiger charge is 2.14. The molecule has 0 saturated heterocycles. The average molecular weight is 677 g/mol. The van der Waals surface area contributed by atoms with Gasteiger partial charge in [-0.05, 0) is 99.0 Å². The van der Waals surface area contributed by atoms with Crippen LogP contribution in [-0.4, -0.2) is 5.91 Å². The number of carbonyl (C=O) groups is 1. The maximum atomic E-state index is 12.7. The highest BCUT2D eigenvalue weighted by atomic mass is 127. The molecule has 168 valence electrons. The molecule has 3 aromatic rings. The summed E-state index contributed by atoms with van der Waals surface area (Å²) in [5.74, 6) is 0.1000. The van der Waals surface area contributed by atoms with Crippen LogP contribution in [0.15, 0.2) is 58.6 Å². The van der Waals surface area contributed by atoms with Gasteiger partial charge in [-0.15, -0.1) is 0 Å². The lowest BCUT2D eigenvalue weighted by molar-refractivity contribution is -0.112. The molecule has 0 atom stereocenters. The lowest BCUT2D eigenvalue weighted by Gasteiger charge is -2.13. The predicted molar refractivity (Wildman–Crippen MR) is 146 cm³/mol. The summed E-state index contributed by atoms with van der Waals surface area (Å²) in [6.07, 6.45) is 1.52. The highest BCUT2D eigenvalue weighted by molar-refractivity contribution is 14.1. The monoisotopic (exact) mass is 674 g/mol. The van der Waals surface area contributed by atoms with Crippen LogP contribution in [0.5, 0.6) is 5.75 Å². The van der Waals surface area contributed by atoms with Crippen LogP contribution in [0.3, 0.4) is 0 Å². The second-order valence-corrected chi connectivity index (χ2v) is 10.1. The molecule has 1 N–H and O–H groups in total. The minimum absolute atomic E-state index is 0.0429. The zero-order valence-electron chi connectivity index (χ0n) is 17.1. The van der Waals surface area contributed by atoms with E-state index in [4.69, 9.17) is 39.5 Å². The van der Waals surface area contributed by atoms with Crippen LogP contribution < -0.4 is 10.1 Å². The number of amides is 1. The zero-order chi connectivity index (χ0) is 24.1. The molecule has 0 aromatic heterocycles. The van der Waals surface area contributed by atoms with Crippen molar-refractivity contribution in [1.29, 1.82) is 5.26 Å². The van der Waals surface area contributed by atoms with Crippen LogP contribution in [0.1, 0.15) is 16.7 Å². The number of rotatable bonds is 6. The molecule has 3 rings (SSSR count). The molecule has 1 amide bonds. The highest BCUT2D eigenvalue weighted by Crippen LogP contribution is 2.34. The fourth-order valence-electron chi connectivity index (χ4n) is 2.84. The SMILES string of the molecule is Cc1c(Cl)cccc1NC(=O)/C(C#N)=C\c1cc(Br)c(OCc2ccc(Cl)cc2Cl)c(I)c1. The van der Waals surface area contributed by atoms with Gasteiger partial charge in [-0.1, -0.05) is 46.9 Å². The van der Waals surface area contributed by atoms with Crippen molar-refractivity contribution in [2.75, 3.05) is 5.32 Å². The Labute approximate surface area is 228 Å². The van der Waals surface area contributed by atoms with E-state index in [-0.39, 0.29) is 12.2 Å². The van der Waals surface area contributed by atoms with Crippen LogP contribution in [-0.2, 0) is 11.4 Å². The molecule has 0 radical (unpaired) electrons. The van der Waals surface area contributed by atoms with Crippen molar-refractivity contribution in [3.8, 4) is 11.8 Å². The van der Waals surface area contributed by atoms with Crippen LogP contribution >= 0.6 is 73.3 Å². The van der Waals surface area contributed by atoms with Crippen molar-refractivity contribution >= 4 is 91.0 Å². The fraction of sp³-hybridized carbons (Fsp3) is 0.0833. The van der Waals surface area contributed by atoms with E-state index in [9.17, 15) is 10.1 Å². The van der Waals surface area contributed by atoms with Crippen molar-refractivity contribution in [3.63, 3.8) is 0 Å². The number of nitrogens with zero attached hydrogens (tertiary/aromatic N) is 1. The number of anilines is 1. The number of ether oxygens (including phenoxy) is 1. The summed E-state index contributed by atoms with van der Waals surface area (Å²) >= 11 is 23.9. The quantitative estimate of drug-likeness (QED) is 0.162. The van der Waals surface area contributed by atoms with E-state index in [1.54, 1.807) is 43.3 Å². The molecule has 0 saturated carbocycles. The molecule has 0 heterocycles. The number of benzene rings is 3. The molecule has 0 fully saturated rings. The predicted octanol–water partition coefficient (Wildman–Crippen LogP) is 8.45. The first-order valence-corrected chi connectivity index (χ1v) is 12.4. The van der Waals surface area contributed by atoms with Crippen molar-refractivity contribution in [2.24, 2.45) is 0 Å². The van der Waals surface area contributed by atoms with E-state index in [2.05, 4.69) is 43.8 Å². The molecular formula is C24H15BrCl3IN2O2. The number of hydrogen-bond acceptors (Lipinski definition) is 3. The number of nitrogens with one attached hydrogen (secondary N) is 1. The van der Waals surface area contributed by atoms with Crippen LogP contribution in [0.2, 0.25) is 15.1 Å². The third-order valence-corrected chi connectivity index (χ3v) is 6.99. The summed E-state index contributed by atoms with van der Waals surface area (Å²) in [4.78, 5) is 12.7. The first kappa shape index (κ1) is 25.9. The lowest BCUT2D eigenvalue weighted by Crippen LogP contribution is -2.14. The van der Waals surface area contributed by atoms with Crippen molar-refractivity contribution in [3.05, 3.63) is 93.9 Å². The average Bonchev–Trinajstić information content (AvgIpc) is 2.75. The van der Waals surface area contributed by atoms with Gasteiger partial charge >= 0.3 is 0 Å². The molecule has 0 unspecified atom stereocenters. The molecule has 0 spiro atoms. The van der Waals surface area contributed by atoms with E-state index in [0.29, 0.717) is 36.5 Å². The Bertz CT molecular complexity index is 1280. The Morgan fingerprint density at radius 1 is 1.18 bits per heavy atom. The number of carbonyl (C=O) groups excluding carboxylic acids is 1. The van der Waals surface area contributed by atoms with Crippen molar-refractivity contribution in [1.82, 2.24) is 0 Å². The number of halogens is 5. The fourth-order valence-corrected chi connectivity index (χ4v) is 5.24. The van der Waals surface area contributed by atoms with Crippen LogP contribution in [0.4, 0.5) is 5.69 Å². The normalized spacial score (nSPS) is 11.1. The van der Waals surface area contributed by atoms with E-state index in [0.717, 1.165) is 14.7 Å². The maximum Gasteiger partial charge on any atom is 0.266 e. The Balaban J connectivity index is 1.80. The summed E-state index contributed by atoms with van der Waals surface area (Å²) in [5.41, 5.74) is 2.70. The van der Waals surface area contributed by atoms with Crippen LogP contribution in [0, 0.1) is 21.8 Å². The van der Waals surface area contributed by atoms with Gasteiger partial charge in [0.2, 0.25) is 0 Å². The Kier molecular flexibility index (Phi) is 9.08. The Morgan fingerprint density at radius 2 is 1.94 bits per heavy atom. The van der Waals surface area contributed by atoms with E-state index in [1.807, 2.05) is 18.2 Å². The smallest absolute Gasteiger partial charge is 0.266 e. The molecule has 3 aromatic carbocycles. The summed E-state index contributed by atoms with van der Waals surface area (Å²) in [7, 11) is 0. The summed E-state index contributed by atoms with van der Waals surface area (Å²) < 4.78 is 7.42. The first-order valence-electron chi connectivity index (χ1n) is 9.43. The summed E-state index contributed by atoms with van der Waals surface area (Å²) in [6, 6.07) is 16.0. The minimum atomic E-state index is -0.522. The van der Waals surface area contributed by atoms with Gasteiger partial charge in [0, 0.05) is 26.3 Å². The second kappa shape index (κ2) is 11.6. The Morgan fingerprint density at radius 3 is 2.61 bits per heavy atom. The summed E-state index contributed by atoms with van der Waals surface area (Å²) in [6.45, 7) is 2.05. The molecule has 33 heavy (non-hydrogen) atoms. The largest absolute Gasteiger partial charge is 0.487 e. The van der Waals surface area contributed by atoms with E-state index < -0.39 is 5.91 Å². The number of nitriles is 1. The molecule has 0 bridgehead atoms. The van der Waals surface area contributed by atoms with E-state index >= 15 is 0 Å². The van der Waals surface area contributed by atoms with Crippen LogP contribution in [0.25, 0.3) is 6.08 Å². The topological polar surface area (TPSA) is 62.1 Å². The Hall–Kier alpha value is -1.76. The van der Waals surface area contributed by atoms with Gasteiger partial charge in [0.05, 0.1) is 8.04 Å². The summed E-state index contributed by atoms with van der Waals surface area (Å²) in [5, 5.41) is 13.9. The van der Waals surface area contributed by atoms with Gasteiger partial charge < -0.3 is 10.1 Å². The van der Waals surface area contributed by atoms with Gasteiger partial charge in [-0.2, -0.15) is 5.26 Å². The third-order valence-electron chi connectivity index (χ3n) is 4.60. The molecule has 0 aliphatic rings. The minimum Gasteiger partial charge on any atom is -0.487 e. The molecule has 0 aliphatic heterocycles. The molecule has 9 heteroatoms. The second-order valence-electron chi connectivity index (χ2n) is 6.87. The van der Waals surface area contributed by atoms with Gasteiger partial charge in [-0.25, -0.2) is 0 Å². The van der Waals surface area contributed by atoms with Gasteiger partial charge in [-0.3, -0.25) is 4.79 Å². The van der Waals surface area contributed by atoms with Gasteiger partial charge in [0.1, 0.15) is 24.0 Å². The molecule has 0 aliphatic carbocycles. The van der Waals surface area contributed by atoms with Crippen molar-refractivity contribution in [2.45, 2.75) is 13.5 Å². The molecule has 4 nitrogen and oxygen atoms in total. The van der Waals surface area contributed by atoms with E-state index in [1.165, 1.54) is 6.08 Å². The van der Waals surface area contributed by atoms with Crippen molar-refractivity contribution < 1.29 is 9.53 Å². The lowest BCUT2D eigenvalue weighted by atomic mass is 10.1. The third kappa shape index (κ3) is 6.65. The van der Waals surface area contributed by atoms with Gasteiger partial charge in [0.25, 0.3) is 5.91 Å². The number of hydrogen-bond donors (Lipinski definition) is 1. The molecular weight excluding hydrogens is 661 g/mol. The standard InChI is InChI=1S/C24H15BrCl3IN2O2/c1-13-19(27)3-2-4-22(13)31-24(32)16(11-30)7-14-8-18(25)23(21(29)9-14)33-12-15-5-6-17(26)10-20(15)28/h2-10H,12H2,1H3,(H,31,32)/b16-7-. The maximum absolute atomic E-state index is 12.7. The first-order chi connectivity index (χ1) is 15.7. The zero-order valence-corrected chi connectivity index (χ0v) is 23.1. The van der Waals surface area contributed by atoms with Gasteiger partial charge in [0.15, 0.2) is 0 Å².